The Morgan fingerprint density at radius 2 is 1.82 bits per heavy atom. The van der Waals surface area contributed by atoms with E-state index in [2.05, 4.69) is 41.7 Å². The number of hydrogen-bond acceptors (Lipinski definition) is 6. The van der Waals surface area contributed by atoms with Gasteiger partial charge in [0, 0.05) is 58.0 Å². The molecule has 33 heavy (non-hydrogen) atoms. The molecule has 3 fully saturated rings. The largest absolute Gasteiger partial charge is 0.458 e. The van der Waals surface area contributed by atoms with Crippen LogP contribution in [0.4, 0.5) is 0 Å². The minimum absolute atomic E-state index is 0.103. The van der Waals surface area contributed by atoms with Gasteiger partial charge in [0.05, 0.1) is 5.60 Å². The fourth-order valence-electron chi connectivity index (χ4n) is 6.95. The lowest BCUT2D eigenvalue weighted by Gasteiger charge is -2.53. The average molecular weight is 461 g/mol. The second-order valence-electron chi connectivity index (χ2n) is 11.5. The summed E-state index contributed by atoms with van der Waals surface area (Å²) in [5, 5.41) is 11.8. The minimum atomic E-state index is -0.898. The molecule has 1 saturated carbocycles. The van der Waals surface area contributed by atoms with E-state index < -0.39 is 11.7 Å². The molecule has 4 aliphatic rings. The summed E-state index contributed by atoms with van der Waals surface area (Å²) in [7, 11) is 2.23. The van der Waals surface area contributed by atoms with E-state index in [0.717, 1.165) is 31.0 Å². The fourth-order valence-corrected chi connectivity index (χ4v) is 6.95. The molecule has 0 bridgehead atoms. The maximum Gasteiger partial charge on any atom is 0.303 e. The van der Waals surface area contributed by atoms with Crippen molar-refractivity contribution in [3.8, 4) is 0 Å². The fraction of sp³-hybridized carbons (Fsp3) is 0.852. The van der Waals surface area contributed by atoms with Crippen molar-refractivity contribution in [1.82, 2.24) is 14.7 Å². The number of piperazine rings is 1. The van der Waals surface area contributed by atoms with E-state index in [1.165, 1.54) is 59.0 Å². The number of ether oxygens (including phenoxy) is 1. The molecular formula is C27H46N3O3. The number of rotatable bonds is 5. The lowest BCUT2D eigenvalue weighted by atomic mass is 9.57. The van der Waals surface area contributed by atoms with Crippen molar-refractivity contribution in [2.75, 3.05) is 52.9 Å². The van der Waals surface area contributed by atoms with E-state index in [1.54, 1.807) is 0 Å². The van der Waals surface area contributed by atoms with Crippen LogP contribution in [0.15, 0.2) is 11.6 Å². The van der Waals surface area contributed by atoms with Gasteiger partial charge in [0.1, 0.15) is 6.10 Å². The van der Waals surface area contributed by atoms with Crippen LogP contribution in [-0.2, 0) is 9.53 Å². The summed E-state index contributed by atoms with van der Waals surface area (Å²) in [5.41, 5.74) is 0.157. The molecule has 0 aromatic heterocycles. The van der Waals surface area contributed by atoms with Crippen LogP contribution in [-0.4, -0.2) is 96.4 Å². The molecule has 0 aromatic rings. The van der Waals surface area contributed by atoms with Gasteiger partial charge >= 0.3 is 5.97 Å². The van der Waals surface area contributed by atoms with E-state index in [1.807, 2.05) is 13.3 Å². The quantitative estimate of drug-likeness (QED) is 0.503. The number of carbonyl (C=O) groups excluding carboxylic acids is 1. The predicted octanol–water partition coefficient (Wildman–Crippen LogP) is 2.82. The predicted molar refractivity (Wildman–Crippen MR) is 132 cm³/mol. The van der Waals surface area contributed by atoms with Gasteiger partial charge in [-0.15, -0.1) is 0 Å². The Morgan fingerprint density at radius 1 is 1.15 bits per heavy atom. The molecule has 0 aromatic carbocycles. The van der Waals surface area contributed by atoms with Crippen molar-refractivity contribution in [3.63, 3.8) is 0 Å². The minimum Gasteiger partial charge on any atom is -0.458 e. The molecule has 1 radical (unpaired) electrons. The number of esters is 1. The second kappa shape index (κ2) is 10.3. The van der Waals surface area contributed by atoms with Gasteiger partial charge in [0.15, 0.2) is 0 Å². The van der Waals surface area contributed by atoms with E-state index >= 15 is 0 Å². The van der Waals surface area contributed by atoms with E-state index in [9.17, 15) is 9.90 Å². The third-order valence-electron chi connectivity index (χ3n) is 9.21. The van der Waals surface area contributed by atoms with Gasteiger partial charge in [-0.1, -0.05) is 19.9 Å². The van der Waals surface area contributed by atoms with Gasteiger partial charge in [-0.2, -0.15) is 0 Å². The molecule has 2 aliphatic carbocycles. The zero-order valence-corrected chi connectivity index (χ0v) is 21.5. The van der Waals surface area contributed by atoms with E-state index in [4.69, 9.17) is 4.74 Å². The van der Waals surface area contributed by atoms with Crippen molar-refractivity contribution < 1.29 is 14.6 Å². The van der Waals surface area contributed by atoms with Gasteiger partial charge in [-0.25, -0.2) is 0 Å². The van der Waals surface area contributed by atoms with Crippen LogP contribution in [0.25, 0.3) is 0 Å². The van der Waals surface area contributed by atoms with Crippen molar-refractivity contribution in [2.24, 2.45) is 23.7 Å². The first-order chi connectivity index (χ1) is 15.7. The molecule has 6 nitrogen and oxygen atoms in total. The molecule has 2 saturated heterocycles. The van der Waals surface area contributed by atoms with E-state index in [-0.39, 0.29) is 17.8 Å². The first kappa shape index (κ1) is 25.2. The topological polar surface area (TPSA) is 56.3 Å². The average Bonchev–Trinajstić information content (AvgIpc) is 2.77. The molecule has 1 N–H and O–H groups in total. The summed E-state index contributed by atoms with van der Waals surface area (Å²) in [6.07, 6.45) is 8.48. The van der Waals surface area contributed by atoms with E-state index in [0.29, 0.717) is 11.8 Å². The standard InChI is InChI=1S/C27H46N3O3/c1-19-16-25-24(7-6-21(3)27(25,32)17-26(19)33-22(4)31)20(2)18-29-10-8-23(9-11-29)30-14-12-28(5)13-15-30/h16-17,20-21,23-26,32H,6-15,18H2,1-5H3/t20?,21-,24+,25-,26-,27-/m1/s1. The molecular weight excluding hydrogens is 414 g/mol. The molecule has 187 valence electrons. The lowest BCUT2D eigenvalue weighted by Crippen LogP contribution is -2.57. The highest BCUT2D eigenvalue weighted by Gasteiger charge is 2.53. The number of carbonyl (C=O) groups is 1. The zero-order valence-electron chi connectivity index (χ0n) is 21.5. The molecule has 0 amide bonds. The highest BCUT2D eigenvalue weighted by Crippen LogP contribution is 2.50. The van der Waals surface area contributed by atoms with Crippen molar-refractivity contribution in [3.05, 3.63) is 18.1 Å². The lowest BCUT2D eigenvalue weighted by molar-refractivity contribution is -0.148. The van der Waals surface area contributed by atoms with Gasteiger partial charge in [-0.05, 0) is 76.1 Å². The number of piperidine rings is 1. The summed E-state index contributed by atoms with van der Waals surface area (Å²) in [6.45, 7) is 16.3. The van der Waals surface area contributed by atoms with Gasteiger partial charge in [0.25, 0.3) is 0 Å². The molecule has 6 heteroatoms. The zero-order chi connectivity index (χ0) is 23.8. The summed E-state index contributed by atoms with van der Waals surface area (Å²) >= 11 is 0. The number of fused-ring (bicyclic) bond motifs is 1. The Bertz CT molecular complexity index is 711. The number of aliphatic hydroxyl groups is 1. The van der Waals surface area contributed by atoms with Crippen molar-refractivity contribution in [2.45, 2.75) is 71.1 Å². The Kier molecular flexibility index (Phi) is 7.89. The van der Waals surface area contributed by atoms with Crippen LogP contribution < -0.4 is 0 Å². The highest BCUT2D eigenvalue weighted by molar-refractivity contribution is 5.66. The van der Waals surface area contributed by atoms with Crippen LogP contribution in [0.3, 0.4) is 0 Å². The van der Waals surface area contributed by atoms with Crippen molar-refractivity contribution in [1.29, 1.82) is 0 Å². The van der Waals surface area contributed by atoms with Crippen LogP contribution in [0.1, 0.15) is 53.4 Å². The van der Waals surface area contributed by atoms with Crippen molar-refractivity contribution >= 4 is 5.97 Å². The van der Waals surface area contributed by atoms with Crippen LogP contribution in [0, 0.1) is 30.1 Å². The number of nitrogens with zero attached hydrogens (tertiary/aromatic N) is 3. The highest BCUT2D eigenvalue weighted by atomic mass is 16.5. The molecule has 0 spiro atoms. The first-order valence-corrected chi connectivity index (χ1v) is 13.3. The molecule has 2 heterocycles. The Balaban J connectivity index is 1.36. The summed E-state index contributed by atoms with van der Waals surface area (Å²) < 4.78 is 5.51. The Labute approximate surface area is 201 Å². The maximum absolute atomic E-state index is 11.8. The molecule has 6 atom stereocenters. The Hall–Kier alpha value is -0.950. The molecule has 2 aliphatic heterocycles. The SMILES string of the molecule is CC(=O)O[C@@H]1[CH][C@@]2(O)[C@H](C)CC[C@@H](C(C)CN3CCC(N4CCN(C)CC4)CC3)[C@H]2C=C1C. The smallest absolute Gasteiger partial charge is 0.303 e. The third-order valence-corrected chi connectivity index (χ3v) is 9.21. The molecule has 4 rings (SSSR count). The number of likely N-dealkylation sites (N-methyl/N-ethyl adjacent to an activating group) is 1. The van der Waals surface area contributed by atoms with Gasteiger partial charge < -0.3 is 19.6 Å². The monoisotopic (exact) mass is 460 g/mol. The van der Waals surface area contributed by atoms with Crippen LogP contribution in [0.5, 0.6) is 0 Å². The second-order valence-corrected chi connectivity index (χ2v) is 11.5. The van der Waals surface area contributed by atoms with Gasteiger partial charge in [-0.3, -0.25) is 9.69 Å². The number of likely N-dealkylation sites (tertiary alicyclic amines) is 1. The molecule has 1 unspecified atom stereocenters. The summed E-state index contributed by atoms with van der Waals surface area (Å²) in [5.74, 6) is 0.959. The first-order valence-electron chi connectivity index (χ1n) is 13.3. The maximum atomic E-state index is 11.8. The Morgan fingerprint density at radius 3 is 2.45 bits per heavy atom. The number of hydrogen-bond donors (Lipinski definition) is 1. The summed E-state index contributed by atoms with van der Waals surface area (Å²) in [6, 6.07) is 0.752. The normalized spacial score (nSPS) is 38.4. The van der Waals surface area contributed by atoms with Crippen LogP contribution >= 0.6 is 0 Å². The third kappa shape index (κ3) is 5.50. The van der Waals surface area contributed by atoms with Gasteiger partial charge in [0.2, 0.25) is 0 Å². The van der Waals surface area contributed by atoms with Crippen LogP contribution in [0.2, 0.25) is 0 Å². The summed E-state index contributed by atoms with van der Waals surface area (Å²) in [4.78, 5) is 19.4.